The zero-order valence-electron chi connectivity index (χ0n) is 15.3. The van der Waals surface area contributed by atoms with Crippen LogP contribution in [0.4, 0.5) is 0 Å². The van der Waals surface area contributed by atoms with Crippen molar-refractivity contribution >= 4 is 16.0 Å². The molecule has 1 fully saturated rings. The normalized spacial score (nSPS) is 14.9. The molecule has 144 valence electrons. The second-order valence-electron chi connectivity index (χ2n) is 6.25. The number of benzene rings is 2. The molecule has 2 aromatic rings. The molecule has 0 aromatic heterocycles. The van der Waals surface area contributed by atoms with Crippen LogP contribution in [-0.2, 0) is 21.4 Å². The van der Waals surface area contributed by atoms with Gasteiger partial charge in [-0.05, 0) is 50.1 Å². The van der Waals surface area contributed by atoms with Crippen molar-refractivity contribution in [2.75, 3.05) is 19.7 Å². The van der Waals surface area contributed by atoms with E-state index in [1.165, 1.54) is 28.6 Å². The van der Waals surface area contributed by atoms with Crippen LogP contribution < -0.4 is 4.74 Å². The van der Waals surface area contributed by atoms with Gasteiger partial charge in [-0.2, -0.15) is 4.31 Å². The van der Waals surface area contributed by atoms with Crippen LogP contribution >= 0.6 is 0 Å². The molecule has 0 bridgehead atoms. The highest BCUT2D eigenvalue weighted by Crippen LogP contribution is 2.22. The molecule has 7 heteroatoms. The van der Waals surface area contributed by atoms with Crippen molar-refractivity contribution in [2.45, 2.75) is 31.3 Å². The molecule has 0 N–H and O–H groups in total. The molecule has 6 nitrogen and oxygen atoms in total. The van der Waals surface area contributed by atoms with Crippen LogP contribution in [0.5, 0.6) is 5.75 Å². The van der Waals surface area contributed by atoms with Crippen LogP contribution in [0.2, 0.25) is 0 Å². The highest BCUT2D eigenvalue weighted by Gasteiger charge is 2.27. The van der Waals surface area contributed by atoms with Crippen molar-refractivity contribution in [3.8, 4) is 5.75 Å². The molecule has 0 unspecified atom stereocenters. The van der Waals surface area contributed by atoms with Crippen LogP contribution in [0.3, 0.4) is 0 Å². The maximum atomic E-state index is 12.5. The van der Waals surface area contributed by atoms with Crippen molar-refractivity contribution in [3.63, 3.8) is 0 Å². The minimum atomic E-state index is -3.48. The van der Waals surface area contributed by atoms with Gasteiger partial charge in [0.25, 0.3) is 0 Å². The first kappa shape index (κ1) is 19.4. The number of carbonyl (C=O) groups excluding carboxylic acids is 1. The Morgan fingerprint density at radius 1 is 1.04 bits per heavy atom. The number of esters is 1. The lowest BCUT2D eigenvalue weighted by Crippen LogP contribution is -2.27. The standard InChI is InChI=1S/C20H23NO5S/c1-2-25-19-8-4-3-7-17(19)15-26-20(22)16-9-11-18(12-10-16)27(23,24)21-13-5-6-14-21/h3-4,7-12H,2,5-6,13-15H2,1H3. The molecule has 0 spiro atoms. The van der Waals surface area contributed by atoms with Gasteiger partial charge in [0.05, 0.1) is 17.1 Å². The van der Waals surface area contributed by atoms with E-state index in [9.17, 15) is 13.2 Å². The lowest BCUT2D eigenvalue weighted by atomic mass is 10.2. The van der Waals surface area contributed by atoms with Crippen molar-refractivity contribution < 1.29 is 22.7 Å². The number of nitrogens with zero attached hydrogens (tertiary/aromatic N) is 1. The summed E-state index contributed by atoms with van der Waals surface area (Å²) in [6.45, 7) is 3.60. The monoisotopic (exact) mass is 389 g/mol. The van der Waals surface area contributed by atoms with Crippen molar-refractivity contribution in [2.24, 2.45) is 0 Å². The molecule has 0 radical (unpaired) electrons. The molecule has 2 aromatic carbocycles. The number of hydrogen-bond acceptors (Lipinski definition) is 5. The summed E-state index contributed by atoms with van der Waals surface area (Å²) >= 11 is 0. The fraction of sp³-hybridized carbons (Fsp3) is 0.350. The number of ether oxygens (including phenoxy) is 2. The van der Waals surface area contributed by atoms with E-state index in [0.717, 1.165) is 18.4 Å². The Morgan fingerprint density at radius 3 is 2.37 bits per heavy atom. The molecule has 3 rings (SSSR count). The van der Waals surface area contributed by atoms with Gasteiger partial charge >= 0.3 is 5.97 Å². The van der Waals surface area contributed by atoms with Crippen LogP contribution in [0.15, 0.2) is 53.4 Å². The SMILES string of the molecule is CCOc1ccccc1COC(=O)c1ccc(S(=O)(=O)N2CCCC2)cc1. The average Bonchev–Trinajstić information content (AvgIpc) is 3.23. The maximum Gasteiger partial charge on any atom is 0.338 e. The van der Waals surface area contributed by atoms with E-state index in [4.69, 9.17) is 9.47 Å². The minimum Gasteiger partial charge on any atom is -0.493 e. The predicted molar refractivity (Wildman–Crippen MR) is 101 cm³/mol. The molecule has 27 heavy (non-hydrogen) atoms. The fourth-order valence-electron chi connectivity index (χ4n) is 2.99. The number of carbonyl (C=O) groups is 1. The van der Waals surface area contributed by atoms with Crippen LogP contribution in [0, 0.1) is 0 Å². The Morgan fingerprint density at radius 2 is 1.70 bits per heavy atom. The third-order valence-electron chi connectivity index (χ3n) is 4.42. The Bertz CT molecular complexity index is 887. The summed E-state index contributed by atoms with van der Waals surface area (Å²) < 4.78 is 37.4. The van der Waals surface area contributed by atoms with Gasteiger partial charge in [0, 0.05) is 18.7 Å². The number of sulfonamides is 1. The zero-order valence-corrected chi connectivity index (χ0v) is 16.1. The predicted octanol–water partition coefficient (Wildman–Crippen LogP) is 3.23. The second-order valence-corrected chi connectivity index (χ2v) is 8.19. The van der Waals surface area contributed by atoms with E-state index in [1.807, 2.05) is 31.2 Å². The van der Waals surface area contributed by atoms with E-state index >= 15 is 0 Å². The van der Waals surface area contributed by atoms with E-state index in [2.05, 4.69) is 0 Å². The van der Waals surface area contributed by atoms with E-state index in [1.54, 1.807) is 0 Å². The Kier molecular flexibility index (Phi) is 6.13. The molecule has 0 aliphatic carbocycles. The van der Waals surface area contributed by atoms with E-state index in [0.29, 0.717) is 31.0 Å². The lowest BCUT2D eigenvalue weighted by molar-refractivity contribution is 0.0469. The van der Waals surface area contributed by atoms with Crippen molar-refractivity contribution in [1.82, 2.24) is 4.31 Å². The first-order valence-electron chi connectivity index (χ1n) is 9.00. The second kappa shape index (κ2) is 8.54. The molecule has 0 amide bonds. The van der Waals surface area contributed by atoms with Gasteiger partial charge in [-0.15, -0.1) is 0 Å². The van der Waals surface area contributed by atoms with Crippen molar-refractivity contribution in [1.29, 1.82) is 0 Å². The molecule has 0 saturated carbocycles. The van der Waals surface area contributed by atoms with Gasteiger partial charge in [-0.1, -0.05) is 18.2 Å². The van der Waals surface area contributed by atoms with E-state index in [-0.39, 0.29) is 11.5 Å². The number of para-hydroxylation sites is 1. The quantitative estimate of drug-likeness (QED) is 0.680. The topological polar surface area (TPSA) is 72.9 Å². The summed E-state index contributed by atoms with van der Waals surface area (Å²) in [6, 6.07) is 13.3. The smallest absolute Gasteiger partial charge is 0.338 e. The van der Waals surface area contributed by atoms with Gasteiger partial charge in [-0.25, -0.2) is 13.2 Å². The summed E-state index contributed by atoms with van der Waals surface area (Å²) in [7, 11) is -3.48. The molecular weight excluding hydrogens is 366 g/mol. The maximum absolute atomic E-state index is 12.5. The summed E-state index contributed by atoms with van der Waals surface area (Å²) in [6.07, 6.45) is 1.76. The molecule has 0 atom stereocenters. The molecule has 1 aliphatic heterocycles. The Hall–Kier alpha value is -2.38. The molecule has 1 aliphatic rings. The summed E-state index contributed by atoms with van der Waals surface area (Å²) in [5.41, 5.74) is 1.09. The van der Waals surface area contributed by atoms with Crippen molar-refractivity contribution in [3.05, 3.63) is 59.7 Å². The van der Waals surface area contributed by atoms with Gasteiger partial charge in [0.15, 0.2) is 0 Å². The third-order valence-corrected chi connectivity index (χ3v) is 6.34. The number of rotatable bonds is 7. The summed E-state index contributed by atoms with van der Waals surface area (Å²) in [5, 5.41) is 0. The Labute approximate surface area is 159 Å². The van der Waals surface area contributed by atoms with Crippen LogP contribution in [0.25, 0.3) is 0 Å². The molecule has 1 saturated heterocycles. The fourth-order valence-corrected chi connectivity index (χ4v) is 4.50. The first-order chi connectivity index (χ1) is 13.0. The van der Waals surface area contributed by atoms with Gasteiger partial charge < -0.3 is 9.47 Å². The van der Waals surface area contributed by atoms with E-state index < -0.39 is 16.0 Å². The highest BCUT2D eigenvalue weighted by molar-refractivity contribution is 7.89. The summed E-state index contributed by atoms with van der Waals surface area (Å²) in [4.78, 5) is 12.5. The van der Waals surface area contributed by atoms with Crippen LogP contribution in [-0.4, -0.2) is 38.4 Å². The largest absolute Gasteiger partial charge is 0.493 e. The van der Waals surface area contributed by atoms with Crippen LogP contribution in [0.1, 0.15) is 35.7 Å². The average molecular weight is 389 g/mol. The molecule has 1 heterocycles. The number of hydrogen-bond donors (Lipinski definition) is 0. The zero-order chi connectivity index (χ0) is 19.3. The third kappa shape index (κ3) is 4.48. The Balaban J connectivity index is 1.66. The highest BCUT2D eigenvalue weighted by atomic mass is 32.2. The van der Waals surface area contributed by atoms with Gasteiger partial charge in [0.2, 0.25) is 10.0 Å². The minimum absolute atomic E-state index is 0.0861. The van der Waals surface area contributed by atoms with Gasteiger partial charge in [-0.3, -0.25) is 0 Å². The summed E-state index contributed by atoms with van der Waals surface area (Å²) in [5.74, 6) is 0.172. The van der Waals surface area contributed by atoms with Gasteiger partial charge in [0.1, 0.15) is 12.4 Å². The molecular formula is C20H23NO5S. The first-order valence-corrected chi connectivity index (χ1v) is 10.4. The lowest BCUT2D eigenvalue weighted by Gasteiger charge is -2.15.